The largest absolute Gasteiger partial charge is 0.411 e. The average Bonchev–Trinajstić information content (AvgIpc) is 2.58. The molecule has 0 bridgehead atoms. The fourth-order valence-electron chi connectivity index (χ4n) is 1.07. The summed E-state index contributed by atoms with van der Waals surface area (Å²) < 4.78 is 3.34. The lowest BCUT2D eigenvalue weighted by atomic mass is 10.9. The molecule has 0 radical (unpaired) electrons. The molecule has 0 fully saturated rings. The van der Waals surface area contributed by atoms with Crippen molar-refractivity contribution in [3.05, 3.63) is 23.7 Å². The van der Waals surface area contributed by atoms with Gasteiger partial charge in [-0.2, -0.15) is 4.73 Å². The first-order valence-corrected chi connectivity index (χ1v) is 4.04. The Bertz CT molecular complexity index is 392. The Morgan fingerprint density at radius 2 is 2.42 bits per heavy atom. The van der Waals surface area contributed by atoms with Crippen molar-refractivity contribution in [3.63, 3.8) is 0 Å². The normalized spacial score (nSPS) is 10.8. The van der Waals surface area contributed by atoms with Crippen LogP contribution in [0.25, 0.3) is 5.78 Å². The van der Waals surface area contributed by atoms with Gasteiger partial charge in [0.1, 0.15) is 11.8 Å². The van der Waals surface area contributed by atoms with Gasteiger partial charge in [-0.25, -0.2) is 4.98 Å². The number of hydrogen-bond acceptors (Lipinski definition) is 2. The highest BCUT2D eigenvalue weighted by Gasteiger charge is 2.05. The van der Waals surface area contributed by atoms with Gasteiger partial charge in [0.05, 0.1) is 12.4 Å². The van der Waals surface area contributed by atoms with Gasteiger partial charge in [0.15, 0.2) is 0 Å². The Labute approximate surface area is 74.3 Å². The highest BCUT2D eigenvalue weighted by atomic mass is 35.5. The Morgan fingerprint density at radius 3 is 3.17 bits per heavy atom. The molecule has 12 heavy (non-hydrogen) atoms. The van der Waals surface area contributed by atoms with Crippen molar-refractivity contribution in [2.45, 2.75) is 6.92 Å². The van der Waals surface area contributed by atoms with Crippen molar-refractivity contribution in [1.29, 1.82) is 0 Å². The van der Waals surface area contributed by atoms with Crippen LogP contribution in [-0.4, -0.2) is 20.7 Å². The third kappa shape index (κ3) is 0.956. The van der Waals surface area contributed by atoms with Crippen molar-refractivity contribution >= 4 is 17.4 Å². The van der Waals surface area contributed by atoms with Crippen molar-refractivity contribution in [2.24, 2.45) is 0 Å². The molecule has 2 rings (SSSR count). The van der Waals surface area contributed by atoms with E-state index in [4.69, 9.17) is 16.4 Å². The first kappa shape index (κ1) is 7.49. The van der Waals surface area contributed by atoms with E-state index in [1.54, 1.807) is 27.7 Å². The molecule has 2 aromatic heterocycles. The summed E-state index contributed by atoms with van der Waals surface area (Å²) in [4.78, 5) is 9.31. The van der Waals surface area contributed by atoms with E-state index in [0.717, 1.165) is 0 Å². The average molecular weight is 186 g/mol. The van der Waals surface area contributed by atoms with Crippen molar-refractivity contribution in [3.8, 4) is 0 Å². The molecule has 5 heteroatoms. The summed E-state index contributed by atoms with van der Waals surface area (Å²) in [6, 6.07) is 0. The van der Waals surface area contributed by atoms with Crippen LogP contribution < -0.4 is 4.84 Å². The van der Waals surface area contributed by atoms with Gasteiger partial charge in [0.25, 0.3) is 0 Å². The number of imidazole rings is 2. The molecule has 0 unspecified atom stereocenters. The summed E-state index contributed by atoms with van der Waals surface area (Å²) in [5.41, 5.74) is 0. The first-order valence-electron chi connectivity index (χ1n) is 3.66. The smallest absolute Gasteiger partial charge is 0.248 e. The molecule has 2 aromatic rings. The highest BCUT2D eigenvalue weighted by molar-refractivity contribution is 6.29. The van der Waals surface area contributed by atoms with E-state index in [0.29, 0.717) is 17.5 Å². The molecule has 0 saturated carbocycles. The third-order valence-corrected chi connectivity index (χ3v) is 1.83. The second-order valence-corrected chi connectivity index (χ2v) is 2.68. The van der Waals surface area contributed by atoms with Gasteiger partial charge < -0.3 is 4.84 Å². The molecule has 0 aliphatic heterocycles. The molecule has 0 atom stereocenters. The van der Waals surface area contributed by atoms with E-state index in [2.05, 4.69) is 4.98 Å². The zero-order valence-corrected chi connectivity index (χ0v) is 7.32. The molecule has 2 heterocycles. The SMILES string of the molecule is CCOn1ccn2c(Cl)cnc12. The standard InChI is InChI=1S/C7H8ClN3O/c1-2-12-11-4-3-10-6(8)5-9-7(10)11/h3-5H,2H2,1H3. The van der Waals surface area contributed by atoms with Crippen LogP contribution in [0.5, 0.6) is 0 Å². The van der Waals surface area contributed by atoms with E-state index in [1.807, 2.05) is 6.92 Å². The topological polar surface area (TPSA) is 31.5 Å². The maximum Gasteiger partial charge on any atom is 0.248 e. The molecule has 64 valence electrons. The molecule has 0 aliphatic carbocycles. The summed E-state index contributed by atoms with van der Waals surface area (Å²) in [5, 5.41) is 0.587. The third-order valence-electron chi connectivity index (χ3n) is 1.55. The Morgan fingerprint density at radius 1 is 1.58 bits per heavy atom. The van der Waals surface area contributed by atoms with Gasteiger partial charge in [-0.05, 0) is 6.92 Å². The van der Waals surface area contributed by atoms with Crippen LogP contribution in [0.1, 0.15) is 6.92 Å². The summed E-state index contributed by atoms with van der Waals surface area (Å²) in [6.45, 7) is 2.52. The molecule has 4 nitrogen and oxygen atoms in total. The number of aromatic nitrogens is 3. The number of hydrogen-bond donors (Lipinski definition) is 0. The van der Waals surface area contributed by atoms with E-state index in [-0.39, 0.29) is 0 Å². The minimum absolute atomic E-state index is 0.587. The molecule has 0 N–H and O–H groups in total. The molecule has 0 spiro atoms. The van der Waals surface area contributed by atoms with Gasteiger partial charge in [-0.15, -0.1) is 0 Å². The van der Waals surface area contributed by atoms with E-state index in [1.165, 1.54) is 0 Å². The van der Waals surface area contributed by atoms with Crippen LogP contribution in [0.15, 0.2) is 18.6 Å². The van der Waals surface area contributed by atoms with Gasteiger partial charge >= 0.3 is 0 Å². The zero-order chi connectivity index (χ0) is 8.55. The molecular formula is C7H8ClN3O. The molecular weight excluding hydrogens is 178 g/mol. The summed E-state index contributed by atoms with van der Waals surface area (Å²) in [5.74, 6) is 0.696. The zero-order valence-electron chi connectivity index (χ0n) is 6.57. The van der Waals surface area contributed by atoms with Crippen molar-refractivity contribution in [1.82, 2.24) is 14.1 Å². The van der Waals surface area contributed by atoms with Crippen LogP contribution in [0, 0.1) is 0 Å². The van der Waals surface area contributed by atoms with E-state index in [9.17, 15) is 0 Å². The van der Waals surface area contributed by atoms with Crippen LogP contribution in [0.3, 0.4) is 0 Å². The minimum Gasteiger partial charge on any atom is -0.411 e. The predicted octanol–water partition coefficient (Wildman–Crippen LogP) is 1.24. The van der Waals surface area contributed by atoms with Gasteiger partial charge in [-0.3, -0.25) is 4.40 Å². The molecule has 0 aliphatic rings. The maximum atomic E-state index is 5.82. The fraction of sp³-hybridized carbons (Fsp3) is 0.286. The highest BCUT2D eigenvalue weighted by Crippen LogP contribution is 2.11. The second kappa shape index (κ2) is 2.71. The lowest BCUT2D eigenvalue weighted by Gasteiger charge is -2.00. The summed E-state index contributed by atoms with van der Waals surface area (Å²) in [6.07, 6.45) is 5.17. The van der Waals surface area contributed by atoms with E-state index < -0.39 is 0 Å². The van der Waals surface area contributed by atoms with Gasteiger partial charge in [-0.1, -0.05) is 11.6 Å². The minimum atomic E-state index is 0.587. The van der Waals surface area contributed by atoms with Crippen LogP contribution in [-0.2, 0) is 0 Å². The second-order valence-electron chi connectivity index (χ2n) is 2.29. The van der Waals surface area contributed by atoms with Gasteiger partial charge in [0, 0.05) is 6.20 Å². The quantitative estimate of drug-likeness (QED) is 0.705. The van der Waals surface area contributed by atoms with Gasteiger partial charge in [0.2, 0.25) is 5.78 Å². The number of rotatable bonds is 2. The van der Waals surface area contributed by atoms with Crippen molar-refractivity contribution in [2.75, 3.05) is 6.61 Å². The van der Waals surface area contributed by atoms with E-state index >= 15 is 0 Å². The van der Waals surface area contributed by atoms with Crippen LogP contribution in [0.4, 0.5) is 0 Å². The monoisotopic (exact) mass is 185 g/mol. The first-order chi connectivity index (χ1) is 5.83. The number of nitrogens with zero attached hydrogens (tertiary/aromatic N) is 3. The summed E-state index contributed by atoms with van der Waals surface area (Å²) >= 11 is 5.82. The lowest BCUT2D eigenvalue weighted by molar-refractivity contribution is 0.130. The molecule has 0 amide bonds. The Balaban J connectivity index is 2.55. The van der Waals surface area contributed by atoms with Crippen LogP contribution >= 0.6 is 11.6 Å². The maximum absolute atomic E-state index is 5.82. The van der Waals surface area contributed by atoms with Crippen molar-refractivity contribution < 1.29 is 4.84 Å². The number of fused-ring (bicyclic) bond motifs is 1. The molecule has 0 aromatic carbocycles. The Hall–Kier alpha value is -1.16. The Kier molecular flexibility index (Phi) is 1.69. The molecule has 0 saturated heterocycles. The number of halogens is 1. The van der Waals surface area contributed by atoms with Crippen LogP contribution in [0.2, 0.25) is 5.15 Å². The summed E-state index contributed by atoms with van der Waals surface area (Å²) in [7, 11) is 0. The fourth-order valence-corrected chi connectivity index (χ4v) is 1.25. The predicted molar refractivity (Wildman–Crippen MR) is 45.3 cm³/mol. The lowest BCUT2D eigenvalue weighted by Crippen LogP contribution is -2.09.